The predicted molar refractivity (Wildman–Crippen MR) is 142 cm³/mol. The predicted octanol–water partition coefficient (Wildman–Crippen LogP) is 6.51. The molecule has 3 heterocycles. The maximum Gasteiger partial charge on any atom is 0.260 e. The van der Waals surface area contributed by atoms with Crippen LogP contribution in [0.25, 0.3) is 11.1 Å². The SMILES string of the molecule is CNC(c1ccsc1)C1CSc2c(Cc3c(F)cccc3F)c(C)c(-c3cccc(OC)c3F)c(=O)n21. The zero-order chi connectivity index (χ0) is 26.3. The van der Waals surface area contributed by atoms with E-state index in [0.29, 0.717) is 21.9 Å². The molecule has 0 radical (unpaired) electrons. The molecule has 2 atom stereocenters. The molecule has 0 bridgehead atoms. The number of fused-ring (bicyclic) bond motifs is 1. The average Bonchev–Trinajstić information content (AvgIpc) is 3.56. The van der Waals surface area contributed by atoms with E-state index in [1.54, 1.807) is 28.9 Å². The number of benzene rings is 2. The van der Waals surface area contributed by atoms with Gasteiger partial charge in [-0.2, -0.15) is 11.3 Å². The fraction of sp³-hybridized carbons (Fsp3) is 0.250. The van der Waals surface area contributed by atoms with Gasteiger partial charge in [0.1, 0.15) is 11.6 Å². The molecule has 0 aliphatic carbocycles. The number of thioether (sulfide) groups is 1. The van der Waals surface area contributed by atoms with Crippen molar-refractivity contribution in [3.8, 4) is 16.9 Å². The zero-order valence-corrected chi connectivity index (χ0v) is 22.1. The van der Waals surface area contributed by atoms with Gasteiger partial charge < -0.3 is 10.1 Å². The minimum atomic E-state index is -0.663. The lowest BCUT2D eigenvalue weighted by Crippen LogP contribution is -2.34. The van der Waals surface area contributed by atoms with E-state index >= 15 is 4.39 Å². The van der Waals surface area contributed by atoms with E-state index in [0.717, 1.165) is 5.56 Å². The highest BCUT2D eigenvalue weighted by Gasteiger charge is 2.36. The highest BCUT2D eigenvalue weighted by molar-refractivity contribution is 7.99. The first-order chi connectivity index (χ1) is 17.9. The summed E-state index contributed by atoms with van der Waals surface area (Å²) in [6.45, 7) is 1.72. The summed E-state index contributed by atoms with van der Waals surface area (Å²) in [6, 6.07) is 9.94. The number of ether oxygens (including phenoxy) is 1. The van der Waals surface area contributed by atoms with Gasteiger partial charge in [0.15, 0.2) is 11.6 Å². The quantitative estimate of drug-likeness (QED) is 0.289. The molecule has 9 heteroatoms. The molecular formula is C28H25F3N2O2S2. The summed E-state index contributed by atoms with van der Waals surface area (Å²) in [5.41, 5.74) is 1.97. The highest BCUT2D eigenvalue weighted by Crippen LogP contribution is 2.44. The third kappa shape index (κ3) is 4.39. The zero-order valence-electron chi connectivity index (χ0n) is 20.5. The molecule has 4 nitrogen and oxygen atoms in total. The Labute approximate surface area is 221 Å². The lowest BCUT2D eigenvalue weighted by atomic mass is 9.93. The number of likely N-dealkylation sites (N-methyl/N-ethyl adjacent to an activating group) is 1. The van der Waals surface area contributed by atoms with Gasteiger partial charge in [0.05, 0.1) is 29.8 Å². The lowest BCUT2D eigenvalue weighted by Gasteiger charge is -2.26. The molecule has 0 amide bonds. The van der Waals surface area contributed by atoms with Crippen LogP contribution >= 0.6 is 23.1 Å². The van der Waals surface area contributed by atoms with E-state index in [-0.39, 0.29) is 46.5 Å². The Morgan fingerprint density at radius 3 is 2.49 bits per heavy atom. The fourth-order valence-corrected chi connectivity index (χ4v) is 7.19. The molecular weight excluding hydrogens is 517 g/mol. The number of hydrogen-bond acceptors (Lipinski definition) is 5. The first-order valence-corrected chi connectivity index (χ1v) is 13.7. The second kappa shape index (κ2) is 10.4. The third-order valence-electron chi connectivity index (χ3n) is 6.93. The van der Waals surface area contributed by atoms with Gasteiger partial charge >= 0.3 is 0 Å². The van der Waals surface area contributed by atoms with E-state index in [1.165, 1.54) is 49.2 Å². The summed E-state index contributed by atoms with van der Waals surface area (Å²) >= 11 is 3.04. The number of thiophene rings is 1. The molecule has 37 heavy (non-hydrogen) atoms. The minimum Gasteiger partial charge on any atom is -0.494 e. The molecule has 1 aliphatic heterocycles. The monoisotopic (exact) mass is 542 g/mol. The molecule has 2 aromatic heterocycles. The summed E-state index contributed by atoms with van der Waals surface area (Å²) in [5.74, 6) is -1.39. The second-order valence-corrected chi connectivity index (χ2v) is 10.6. The molecule has 1 aliphatic rings. The Hall–Kier alpha value is -3.01. The van der Waals surface area contributed by atoms with Crippen LogP contribution < -0.4 is 15.6 Å². The number of nitrogens with zero attached hydrogens (tertiary/aromatic N) is 1. The van der Waals surface area contributed by atoms with Gasteiger partial charge in [-0.25, -0.2) is 13.2 Å². The molecule has 0 saturated carbocycles. The van der Waals surface area contributed by atoms with E-state index in [9.17, 15) is 13.6 Å². The number of methoxy groups -OCH3 is 1. The average molecular weight is 543 g/mol. The Morgan fingerprint density at radius 1 is 1.11 bits per heavy atom. The Balaban J connectivity index is 1.79. The second-order valence-electron chi connectivity index (χ2n) is 8.86. The normalized spacial score (nSPS) is 15.6. The van der Waals surface area contributed by atoms with E-state index in [4.69, 9.17) is 4.74 Å². The minimum absolute atomic E-state index is 0.0146. The number of rotatable bonds is 7. The Bertz CT molecular complexity index is 1500. The number of aromatic nitrogens is 1. The van der Waals surface area contributed by atoms with Crippen molar-refractivity contribution in [3.05, 3.63) is 103 Å². The summed E-state index contributed by atoms with van der Waals surface area (Å²) in [7, 11) is 3.20. The maximum absolute atomic E-state index is 15.5. The van der Waals surface area contributed by atoms with Crippen molar-refractivity contribution < 1.29 is 17.9 Å². The molecule has 5 rings (SSSR count). The summed E-state index contributed by atoms with van der Waals surface area (Å²) in [4.78, 5) is 14.1. The van der Waals surface area contributed by atoms with Crippen molar-refractivity contribution >= 4 is 23.1 Å². The van der Waals surface area contributed by atoms with Crippen molar-refractivity contribution in [3.63, 3.8) is 0 Å². The molecule has 4 aromatic rings. The van der Waals surface area contributed by atoms with E-state index in [2.05, 4.69) is 5.32 Å². The molecule has 0 saturated heterocycles. The van der Waals surface area contributed by atoms with E-state index in [1.807, 2.05) is 23.9 Å². The van der Waals surface area contributed by atoms with Crippen molar-refractivity contribution in [1.82, 2.24) is 9.88 Å². The number of pyridine rings is 1. The van der Waals surface area contributed by atoms with Crippen molar-refractivity contribution in [2.45, 2.75) is 30.5 Å². The van der Waals surface area contributed by atoms with E-state index < -0.39 is 17.5 Å². The largest absolute Gasteiger partial charge is 0.494 e. The van der Waals surface area contributed by atoms with Crippen molar-refractivity contribution in [2.24, 2.45) is 0 Å². The van der Waals surface area contributed by atoms with Gasteiger partial charge in [0.25, 0.3) is 5.56 Å². The van der Waals surface area contributed by atoms with Gasteiger partial charge in [-0.1, -0.05) is 18.2 Å². The fourth-order valence-electron chi connectivity index (χ4n) is 5.07. The summed E-state index contributed by atoms with van der Waals surface area (Å²) < 4.78 is 51.8. The van der Waals surface area contributed by atoms with Crippen LogP contribution in [-0.2, 0) is 6.42 Å². The molecule has 0 spiro atoms. The molecule has 2 aromatic carbocycles. The topological polar surface area (TPSA) is 43.3 Å². The summed E-state index contributed by atoms with van der Waals surface area (Å²) in [6.07, 6.45) is -0.0685. The molecule has 2 unspecified atom stereocenters. The number of hydrogen-bond donors (Lipinski definition) is 1. The molecule has 192 valence electrons. The van der Waals surface area contributed by atoms with Gasteiger partial charge in [0, 0.05) is 23.3 Å². The van der Waals surface area contributed by atoms with Crippen LogP contribution in [0.15, 0.2) is 63.0 Å². The van der Waals surface area contributed by atoms with Crippen LogP contribution in [0.4, 0.5) is 13.2 Å². The highest BCUT2D eigenvalue weighted by atomic mass is 32.2. The van der Waals surface area contributed by atoms with Gasteiger partial charge in [-0.05, 0) is 65.7 Å². The Morgan fingerprint density at radius 2 is 1.84 bits per heavy atom. The summed E-state index contributed by atoms with van der Waals surface area (Å²) in [5, 5.41) is 7.98. The van der Waals surface area contributed by atoms with Crippen LogP contribution in [0, 0.1) is 24.4 Å². The van der Waals surface area contributed by atoms with Gasteiger partial charge in [-0.15, -0.1) is 11.8 Å². The Kier molecular flexibility index (Phi) is 7.20. The maximum atomic E-state index is 15.5. The van der Waals surface area contributed by atoms with Crippen LogP contribution in [-0.4, -0.2) is 24.5 Å². The number of halogens is 3. The van der Waals surface area contributed by atoms with Crippen molar-refractivity contribution in [2.75, 3.05) is 19.9 Å². The van der Waals surface area contributed by atoms with Crippen LogP contribution in [0.2, 0.25) is 0 Å². The van der Waals surface area contributed by atoms with Crippen molar-refractivity contribution in [1.29, 1.82) is 0 Å². The van der Waals surface area contributed by atoms with Gasteiger partial charge in [-0.3, -0.25) is 9.36 Å². The molecule has 1 N–H and O–H groups in total. The lowest BCUT2D eigenvalue weighted by molar-refractivity contribution is 0.386. The number of nitrogens with one attached hydrogen (secondary N) is 1. The first kappa shape index (κ1) is 25.6. The van der Waals surface area contributed by atoms with Crippen LogP contribution in [0.1, 0.15) is 34.3 Å². The smallest absolute Gasteiger partial charge is 0.260 e. The van der Waals surface area contributed by atoms with Crippen LogP contribution in [0.3, 0.4) is 0 Å². The standard InChI is InChI=1S/C28H25F3N2O2S2/c1-15-18(12-19-20(29)7-5-8-21(19)30)28-33(22(14-37-28)26(32-2)16-10-11-36-13-16)27(34)24(15)17-6-4-9-23(35-3)25(17)31/h4-11,13,22,26,32H,12,14H2,1-3H3. The molecule has 0 fully saturated rings. The van der Waals surface area contributed by atoms with Gasteiger partial charge in [0.2, 0.25) is 0 Å². The van der Waals surface area contributed by atoms with Crippen LogP contribution in [0.5, 0.6) is 5.75 Å². The first-order valence-electron chi connectivity index (χ1n) is 11.7. The third-order valence-corrected chi connectivity index (χ3v) is 8.85.